The summed E-state index contributed by atoms with van der Waals surface area (Å²) >= 11 is 0. The maximum absolute atomic E-state index is 12.0. The molecule has 1 rings (SSSR count). The summed E-state index contributed by atoms with van der Waals surface area (Å²) in [6.07, 6.45) is 3.58. The number of H-pyrrole nitrogens is 1. The number of aromatic amines is 1. The van der Waals surface area contributed by atoms with Crippen LogP contribution in [0.15, 0.2) is 17.1 Å². The van der Waals surface area contributed by atoms with Gasteiger partial charge in [0.05, 0.1) is 5.56 Å². The van der Waals surface area contributed by atoms with Gasteiger partial charge in [0.25, 0.3) is 5.91 Å². The van der Waals surface area contributed by atoms with Crippen molar-refractivity contribution in [2.75, 3.05) is 6.54 Å². The molecule has 0 spiro atoms. The second-order valence-corrected chi connectivity index (χ2v) is 6.81. The molecule has 0 saturated heterocycles. The molecular formula is C16H26N2O2. The molecule has 1 atom stereocenters. The Morgan fingerprint density at radius 3 is 2.60 bits per heavy atom. The molecule has 0 aliphatic heterocycles. The van der Waals surface area contributed by atoms with Crippen LogP contribution in [-0.4, -0.2) is 17.4 Å². The highest BCUT2D eigenvalue weighted by Crippen LogP contribution is 2.25. The third kappa shape index (κ3) is 5.59. The van der Waals surface area contributed by atoms with E-state index in [-0.39, 0.29) is 11.5 Å². The number of hydrogen-bond acceptors (Lipinski definition) is 2. The Hall–Kier alpha value is -1.58. The standard InChI is InChI=1S/C16H26N2O2/c1-11(9-16(3,4)5)6-7-17-15(20)13-10-18-14(19)8-12(13)2/h8,10-11H,6-7,9H2,1-5H3,(H,17,20)(H,18,19)/t11-/m1/s1. The fourth-order valence-corrected chi connectivity index (χ4v) is 2.49. The zero-order chi connectivity index (χ0) is 15.3. The number of hydrogen-bond donors (Lipinski definition) is 2. The van der Waals surface area contributed by atoms with E-state index >= 15 is 0 Å². The number of aromatic nitrogens is 1. The lowest BCUT2D eigenvalue weighted by Crippen LogP contribution is -2.27. The van der Waals surface area contributed by atoms with E-state index in [4.69, 9.17) is 0 Å². The molecule has 1 aromatic heterocycles. The van der Waals surface area contributed by atoms with Gasteiger partial charge in [0.1, 0.15) is 0 Å². The molecule has 0 unspecified atom stereocenters. The first-order chi connectivity index (χ1) is 9.19. The minimum atomic E-state index is -0.183. The smallest absolute Gasteiger partial charge is 0.253 e. The molecule has 0 aliphatic carbocycles. The predicted molar refractivity (Wildman–Crippen MR) is 82.0 cm³/mol. The summed E-state index contributed by atoms with van der Waals surface area (Å²) in [5, 5.41) is 2.91. The normalized spacial score (nSPS) is 13.1. The van der Waals surface area contributed by atoms with Crippen molar-refractivity contribution in [1.82, 2.24) is 10.3 Å². The molecule has 2 N–H and O–H groups in total. The maximum Gasteiger partial charge on any atom is 0.253 e. The highest BCUT2D eigenvalue weighted by molar-refractivity contribution is 5.95. The first kappa shape index (κ1) is 16.5. The van der Waals surface area contributed by atoms with Crippen molar-refractivity contribution in [3.8, 4) is 0 Å². The summed E-state index contributed by atoms with van der Waals surface area (Å²) < 4.78 is 0. The van der Waals surface area contributed by atoms with Gasteiger partial charge >= 0.3 is 0 Å². The van der Waals surface area contributed by atoms with Gasteiger partial charge in [-0.05, 0) is 36.7 Å². The largest absolute Gasteiger partial charge is 0.352 e. The Kier molecular flexibility index (Phi) is 5.54. The molecule has 112 valence electrons. The van der Waals surface area contributed by atoms with E-state index in [0.29, 0.717) is 29.0 Å². The van der Waals surface area contributed by atoms with Crippen molar-refractivity contribution in [2.24, 2.45) is 11.3 Å². The highest BCUT2D eigenvalue weighted by Gasteiger charge is 2.15. The Balaban J connectivity index is 2.46. The van der Waals surface area contributed by atoms with Gasteiger partial charge in [0, 0.05) is 18.8 Å². The zero-order valence-corrected chi connectivity index (χ0v) is 13.2. The quantitative estimate of drug-likeness (QED) is 0.870. The highest BCUT2D eigenvalue weighted by atomic mass is 16.1. The van der Waals surface area contributed by atoms with E-state index in [1.54, 1.807) is 6.92 Å². The van der Waals surface area contributed by atoms with Gasteiger partial charge < -0.3 is 10.3 Å². The lowest BCUT2D eigenvalue weighted by atomic mass is 9.84. The van der Waals surface area contributed by atoms with Crippen LogP contribution in [-0.2, 0) is 0 Å². The van der Waals surface area contributed by atoms with Gasteiger partial charge in [0.2, 0.25) is 5.56 Å². The van der Waals surface area contributed by atoms with Crippen molar-refractivity contribution in [3.05, 3.63) is 33.7 Å². The summed E-state index contributed by atoms with van der Waals surface area (Å²) in [6, 6.07) is 1.44. The van der Waals surface area contributed by atoms with Gasteiger partial charge in [0.15, 0.2) is 0 Å². The van der Waals surface area contributed by atoms with Crippen LogP contribution in [0.3, 0.4) is 0 Å². The van der Waals surface area contributed by atoms with Crippen LogP contribution in [0.1, 0.15) is 56.5 Å². The van der Waals surface area contributed by atoms with Gasteiger partial charge in [-0.15, -0.1) is 0 Å². The number of nitrogens with one attached hydrogen (secondary N) is 2. The number of amides is 1. The van der Waals surface area contributed by atoms with E-state index in [1.165, 1.54) is 12.3 Å². The Bertz CT molecular complexity index is 512. The fourth-order valence-electron chi connectivity index (χ4n) is 2.49. The van der Waals surface area contributed by atoms with E-state index in [2.05, 4.69) is 38.0 Å². The molecule has 0 radical (unpaired) electrons. The van der Waals surface area contributed by atoms with Crippen molar-refractivity contribution in [2.45, 2.75) is 47.5 Å². The SMILES string of the molecule is Cc1cc(=O)[nH]cc1C(=O)NCC[C@@H](C)CC(C)(C)C. The third-order valence-electron chi connectivity index (χ3n) is 3.26. The summed E-state index contributed by atoms with van der Waals surface area (Å²) in [4.78, 5) is 25.7. The summed E-state index contributed by atoms with van der Waals surface area (Å²) in [7, 11) is 0. The van der Waals surface area contributed by atoms with Gasteiger partial charge in [-0.1, -0.05) is 27.7 Å². The summed E-state index contributed by atoms with van der Waals surface area (Å²) in [5.41, 5.74) is 1.37. The van der Waals surface area contributed by atoms with Gasteiger partial charge in [-0.25, -0.2) is 0 Å². The van der Waals surface area contributed by atoms with E-state index in [0.717, 1.165) is 12.8 Å². The van der Waals surface area contributed by atoms with Crippen LogP contribution in [0.5, 0.6) is 0 Å². The minimum Gasteiger partial charge on any atom is -0.352 e. The topological polar surface area (TPSA) is 62.0 Å². The molecule has 0 bridgehead atoms. The molecule has 0 saturated carbocycles. The first-order valence-electron chi connectivity index (χ1n) is 7.16. The van der Waals surface area contributed by atoms with Crippen LogP contribution in [0, 0.1) is 18.3 Å². The van der Waals surface area contributed by atoms with Crippen LogP contribution in [0.2, 0.25) is 0 Å². The summed E-state index contributed by atoms with van der Waals surface area (Å²) in [6.45, 7) is 11.3. The molecule has 1 amide bonds. The molecule has 4 heteroatoms. The maximum atomic E-state index is 12.0. The minimum absolute atomic E-state index is 0.123. The first-order valence-corrected chi connectivity index (χ1v) is 7.16. The van der Waals surface area contributed by atoms with Crippen molar-refractivity contribution >= 4 is 5.91 Å². The number of rotatable bonds is 5. The lowest BCUT2D eigenvalue weighted by molar-refractivity contribution is 0.0950. The van der Waals surface area contributed by atoms with E-state index in [9.17, 15) is 9.59 Å². The van der Waals surface area contributed by atoms with E-state index in [1.807, 2.05) is 0 Å². The molecule has 1 heterocycles. The molecule has 0 aliphatic rings. The molecule has 4 nitrogen and oxygen atoms in total. The van der Waals surface area contributed by atoms with Crippen molar-refractivity contribution < 1.29 is 4.79 Å². The summed E-state index contributed by atoms with van der Waals surface area (Å²) in [5.74, 6) is 0.452. The predicted octanol–water partition coefficient (Wildman–Crippen LogP) is 2.88. The number of aryl methyl sites for hydroxylation is 1. The molecule has 1 aromatic rings. The van der Waals surface area contributed by atoms with Crippen LogP contribution in [0.4, 0.5) is 0 Å². The van der Waals surface area contributed by atoms with E-state index < -0.39 is 0 Å². The number of carbonyl (C=O) groups excluding carboxylic acids is 1. The van der Waals surface area contributed by atoms with Crippen molar-refractivity contribution in [3.63, 3.8) is 0 Å². The Morgan fingerprint density at radius 1 is 1.40 bits per heavy atom. The lowest BCUT2D eigenvalue weighted by Gasteiger charge is -2.23. The monoisotopic (exact) mass is 278 g/mol. The molecule has 0 aromatic carbocycles. The Labute approximate surface area is 121 Å². The van der Waals surface area contributed by atoms with Crippen molar-refractivity contribution in [1.29, 1.82) is 0 Å². The molecule has 0 fully saturated rings. The average Bonchev–Trinajstić information content (AvgIpc) is 2.25. The van der Waals surface area contributed by atoms with Crippen LogP contribution in [0.25, 0.3) is 0 Å². The van der Waals surface area contributed by atoms with Crippen LogP contribution >= 0.6 is 0 Å². The zero-order valence-electron chi connectivity index (χ0n) is 13.2. The van der Waals surface area contributed by atoms with Gasteiger partial charge in [-0.2, -0.15) is 0 Å². The number of pyridine rings is 1. The second-order valence-electron chi connectivity index (χ2n) is 6.81. The van der Waals surface area contributed by atoms with Crippen LogP contribution < -0.4 is 10.9 Å². The molecule has 20 heavy (non-hydrogen) atoms. The number of carbonyl (C=O) groups is 1. The Morgan fingerprint density at radius 2 is 2.05 bits per heavy atom. The third-order valence-corrected chi connectivity index (χ3v) is 3.26. The fraction of sp³-hybridized carbons (Fsp3) is 0.625. The second kappa shape index (κ2) is 6.73. The molecular weight excluding hydrogens is 252 g/mol. The average molecular weight is 278 g/mol. The van der Waals surface area contributed by atoms with Gasteiger partial charge in [-0.3, -0.25) is 9.59 Å².